The minimum Gasteiger partial charge on any atom is -0.411 e. The molecule has 0 spiro atoms. The van der Waals surface area contributed by atoms with Crippen molar-refractivity contribution in [3.8, 4) is 11.5 Å². The maximum Gasteiger partial charge on any atom is 0.277 e. The first kappa shape index (κ1) is 17.2. The molecule has 1 heterocycles. The van der Waals surface area contributed by atoms with Crippen LogP contribution in [-0.4, -0.2) is 21.9 Å². The Bertz CT molecular complexity index is 882. The van der Waals surface area contributed by atoms with Gasteiger partial charge in [-0.25, -0.2) is 4.39 Å². The number of aryl methyl sites for hydroxylation is 1. The highest BCUT2D eigenvalue weighted by atomic mass is 32.2. The number of carbonyl (C=O) groups is 1. The molecule has 0 saturated heterocycles. The Kier molecular flexibility index (Phi) is 5.45. The molecule has 0 unspecified atom stereocenters. The van der Waals surface area contributed by atoms with E-state index in [1.165, 1.54) is 6.07 Å². The summed E-state index contributed by atoms with van der Waals surface area (Å²) >= 11 is 1.11. The molecule has 0 aliphatic rings. The Morgan fingerprint density at radius 1 is 1.16 bits per heavy atom. The summed E-state index contributed by atoms with van der Waals surface area (Å²) in [5.74, 6) is -0.330. The highest BCUT2D eigenvalue weighted by Crippen LogP contribution is 2.24. The summed E-state index contributed by atoms with van der Waals surface area (Å²) in [7, 11) is 0. The van der Waals surface area contributed by atoms with E-state index in [1.807, 2.05) is 31.2 Å². The Balaban J connectivity index is 1.53. The van der Waals surface area contributed by atoms with E-state index in [9.17, 15) is 9.18 Å². The van der Waals surface area contributed by atoms with Gasteiger partial charge in [-0.15, -0.1) is 10.2 Å². The molecule has 2 aromatic carbocycles. The first-order valence-electron chi connectivity index (χ1n) is 7.66. The van der Waals surface area contributed by atoms with Gasteiger partial charge < -0.3 is 9.73 Å². The van der Waals surface area contributed by atoms with E-state index in [4.69, 9.17) is 4.42 Å². The number of nitrogens with zero attached hydrogens (tertiary/aromatic N) is 2. The van der Waals surface area contributed by atoms with Gasteiger partial charge in [0.1, 0.15) is 5.82 Å². The average Bonchev–Trinajstić information content (AvgIpc) is 3.08. The second-order valence-corrected chi connectivity index (χ2v) is 6.27. The molecule has 0 aliphatic carbocycles. The fourth-order valence-corrected chi connectivity index (χ4v) is 2.79. The molecular formula is C18H16FN3O2S. The molecule has 5 nitrogen and oxygen atoms in total. The number of carbonyl (C=O) groups excluding carboxylic acids is 1. The molecule has 3 aromatic rings. The number of hydrogen-bond acceptors (Lipinski definition) is 5. The fourth-order valence-electron chi connectivity index (χ4n) is 2.19. The SMILES string of the molecule is Cc1ccccc1CNC(=O)CSc1nnc(-c2ccccc2F)o1. The zero-order valence-electron chi connectivity index (χ0n) is 13.5. The summed E-state index contributed by atoms with van der Waals surface area (Å²) < 4.78 is 19.1. The Hall–Kier alpha value is -2.67. The third-order valence-corrected chi connectivity index (χ3v) is 4.39. The fraction of sp³-hybridized carbons (Fsp3) is 0.167. The summed E-state index contributed by atoms with van der Waals surface area (Å²) in [4.78, 5) is 12.0. The predicted molar refractivity (Wildman–Crippen MR) is 93.4 cm³/mol. The van der Waals surface area contributed by atoms with Crippen molar-refractivity contribution in [2.75, 3.05) is 5.75 Å². The molecular weight excluding hydrogens is 341 g/mol. The molecule has 0 fully saturated rings. The number of rotatable bonds is 6. The molecule has 0 radical (unpaired) electrons. The highest BCUT2D eigenvalue weighted by Gasteiger charge is 2.14. The number of halogens is 1. The molecule has 0 atom stereocenters. The molecule has 0 saturated carbocycles. The van der Waals surface area contributed by atoms with Gasteiger partial charge in [-0.1, -0.05) is 48.2 Å². The minimum atomic E-state index is -0.432. The van der Waals surface area contributed by atoms with Gasteiger partial charge in [0.15, 0.2) is 0 Å². The van der Waals surface area contributed by atoms with Crippen molar-refractivity contribution in [2.45, 2.75) is 18.7 Å². The molecule has 25 heavy (non-hydrogen) atoms. The first-order chi connectivity index (χ1) is 12.1. The molecule has 7 heteroatoms. The van der Waals surface area contributed by atoms with E-state index in [2.05, 4.69) is 15.5 Å². The van der Waals surface area contributed by atoms with Crippen molar-refractivity contribution in [2.24, 2.45) is 0 Å². The summed E-state index contributed by atoms with van der Waals surface area (Å²) in [6, 6.07) is 14.0. The van der Waals surface area contributed by atoms with E-state index in [1.54, 1.807) is 18.2 Å². The average molecular weight is 357 g/mol. The summed E-state index contributed by atoms with van der Waals surface area (Å²) in [6.07, 6.45) is 0. The largest absolute Gasteiger partial charge is 0.411 e. The molecule has 0 aliphatic heterocycles. The molecule has 1 aromatic heterocycles. The van der Waals surface area contributed by atoms with Gasteiger partial charge in [-0.2, -0.15) is 0 Å². The minimum absolute atomic E-state index is 0.0981. The number of hydrogen-bond donors (Lipinski definition) is 1. The van der Waals surface area contributed by atoms with Crippen LogP contribution in [0, 0.1) is 12.7 Å². The van der Waals surface area contributed by atoms with Gasteiger partial charge in [-0.05, 0) is 30.2 Å². The van der Waals surface area contributed by atoms with Crippen LogP contribution in [0.4, 0.5) is 4.39 Å². The lowest BCUT2D eigenvalue weighted by Crippen LogP contribution is -2.24. The van der Waals surface area contributed by atoms with Gasteiger partial charge in [0.05, 0.1) is 11.3 Å². The van der Waals surface area contributed by atoms with Crippen LogP contribution in [0.25, 0.3) is 11.5 Å². The number of nitrogens with one attached hydrogen (secondary N) is 1. The Morgan fingerprint density at radius 3 is 2.72 bits per heavy atom. The van der Waals surface area contributed by atoms with Gasteiger partial charge in [0.25, 0.3) is 11.1 Å². The van der Waals surface area contributed by atoms with Crippen molar-refractivity contribution < 1.29 is 13.6 Å². The second-order valence-electron chi connectivity index (χ2n) is 5.34. The number of benzene rings is 2. The number of thioether (sulfide) groups is 1. The van der Waals surface area contributed by atoms with Crippen molar-refractivity contribution in [3.05, 3.63) is 65.5 Å². The van der Waals surface area contributed by atoms with Crippen LogP contribution in [-0.2, 0) is 11.3 Å². The van der Waals surface area contributed by atoms with Gasteiger partial charge >= 0.3 is 0 Å². The summed E-state index contributed by atoms with van der Waals surface area (Å²) in [6.45, 7) is 2.47. The van der Waals surface area contributed by atoms with Crippen LogP contribution in [0.15, 0.2) is 58.2 Å². The molecule has 0 bridgehead atoms. The topological polar surface area (TPSA) is 68.0 Å². The zero-order chi connectivity index (χ0) is 17.6. The van der Waals surface area contributed by atoms with Gasteiger partial charge in [0.2, 0.25) is 5.91 Å². The second kappa shape index (κ2) is 7.94. The van der Waals surface area contributed by atoms with Crippen molar-refractivity contribution in [1.82, 2.24) is 15.5 Å². The maximum absolute atomic E-state index is 13.7. The van der Waals surface area contributed by atoms with Crippen LogP contribution in [0.1, 0.15) is 11.1 Å². The summed E-state index contributed by atoms with van der Waals surface area (Å²) in [5, 5.41) is 10.7. The van der Waals surface area contributed by atoms with E-state index in [0.717, 1.165) is 22.9 Å². The lowest BCUT2D eigenvalue weighted by molar-refractivity contribution is -0.118. The highest BCUT2D eigenvalue weighted by molar-refractivity contribution is 7.99. The van der Waals surface area contributed by atoms with Crippen LogP contribution in [0.3, 0.4) is 0 Å². The quantitative estimate of drug-likeness (QED) is 0.683. The van der Waals surface area contributed by atoms with Crippen molar-refractivity contribution in [3.63, 3.8) is 0 Å². The molecule has 128 valence electrons. The normalized spacial score (nSPS) is 10.6. The van der Waals surface area contributed by atoms with Crippen LogP contribution < -0.4 is 5.32 Å². The van der Waals surface area contributed by atoms with E-state index >= 15 is 0 Å². The standard InChI is InChI=1S/C18H16FN3O2S/c1-12-6-2-3-7-13(12)10-20-16(23)11-25-18-22-21-17(24-18)14-8-4-5-9-15(14)19/h2-9H,10-11H2,1H3,(H,20,23). The number of amides is 1. The van der Waals surface area contributed by atoms with E-state index in [0.29, 0.717) is 6.54 Å². The Morgan fingerprint density at radius 2 is 1.92 bits per heavy atom. The van der Waals surface area contributed by atoms with Crippen LogP contribution in [0.5, 0.6) is 0 Å². The summed E-state index contributed by atoms with van der Waals surface area (Å²) in [5.41, 5.74) is 2.44. The van der Waals surface area contributed by atoms with Gasteiger partial charge in [0, 0.05) is 6.54 Å². The zero-order valence-corrected chi connectivity index (χ0v) is 14.3. The molecule has 1 amide bonds. The smallest absolute Gasteiger partial charge is 0.277 e. The predicted octanol–water partition coefficient (Wildman–Crippen LogP) is 3.59. The van der Waals surface area contributed by atoms with E-state index < -0.39 is 5.82 Å². The molecule has 3 rings (SSSR count). The van der Waals surface area contributed by atoms with Crippen LogP contribution >= 0.6 is 11.8 Å². The third-order valence-electron chi connectivity index (χ3n) is 3.57. The van der Waals surface area contributed by atoms with E-state index in [-0.39, 0.29) is 28.3 Å². The first-order valence-corrected chi connectivity index (χ1v) is 8.64. The van der Waals surface area contributed by atoms with Gasteiger partial charge in [-0.3, -0.25) is 4.79 Å². The molecule has 1 N–H and O–H groups in total. The lowest BCUT2D eigenvalue weighted by atomic mass is 10.1. The maximum atomic E-state index is 13.7. The number of aromatic nitrogens is 2. The Labute approximate surface area is 148 Å². The lowest BCUT2D eigenvalue weighted by Gasteiger charge is -2.06. The monoisotopic (exact) mass is 357 g/mol. The van der Waals surface area contributed by atoms with Crippen LogP contribution in [0.2, 0.25) is 0 Å². The van der Waals surface area contributed by atoms with Crippen molar-refractivity contribution in [1.29, 1.82) is 0 Å². The third kappa shape index (κ3) is 4.45. The van der Waals surface area contributed by atoms with Crippen molar-refractivity contribution >= 4 is 17.7 Å².